The van der Waals surface area contributed by atoms with Crippen molar-refractivity contribution < 1.29 is 9.13 Å². The predicted molar refractivity (Wildman–Crippen MR) is 77.3 cm³/mol. The number of methoxy groups -OCH3 is 1. The quantitative estimate of drug-likeness (QED) is 0.880. The van der Waals surface area contributed by atoms with Crippen molar-refractivity contribution in [1.29, 1.82) is 0 Å². The van der Waals surface area contributed by atoms with E-state index in [4.69, 9.17) is 10.5 Å². The minimum Gasteiger partial charge on any atom is -0.494 e. The van der Waals surface area contributed by atoms with Gasteiger partial charge in [0.25, 0.3) is 0 Å². The van der Waals surface area contributed by atoms with Gasteiger partial charge in [-0.05, 0) is 30.7 Å². The molecular weight excluding hydrogens is 257 g/mol. The van der Waals surface area contributed by atoms with Gasteiger partial charge in [0, 0.05) is 30.2 Å². The third kappa shape index (κ3) is 3.24. The molecule has 0 bridgehead atoms. The standard InChI is InChI=1S/C15H18FN3O/c1-10-3-4-11(9-18-10)14(8-17)19-12-5-6-13(16)15(7-12)20-2/h3-7,9,14,19H,8,17H2,1-2H3. The first-order valence-electron chi connectivity index (χ1n) is 6.36. The van der Waals surface area contributed by atoms with Crippen LogP contribution in [0.15, 0.2) is 36.5 Å². The summed E-state index contributed by atoms with van der Waals surface area (Å²) < 4.78 is 18.3. The van der Waals surface area contributed by atoms with Crippen LogP contribution in [0.4, 0.5) is 10.1 Å². The van der Waals surface area contributed by atoms with Crippen LogP contribution >= 0.6 is 0 Å². The van der Waals surface area contributed by atoms with E-state index in [1.807, 2.05) is 19.1 Å². The highest BCUT2D eigenvalue weighted by Gasteiger charge is 2.11. The molecule has 0 aliphatic rings. The summed E-state index contributed by atoms with van der Waals surface area (Å²) in [4.78, 5) is 4.26. The Morgan fingerprint density at radius 2 is 2.15 bits per heavy atom. The summed E-state index contributed by atoms with van der Waals surface area (Å²) in [5, 5.41) is 3.25. The lowest BCUT2D eigenvalue weighted by Crippen LogP contribution is -2.20. The second-order valence-corrected chi connectivity index (χ2v) is 4.51. The Balaban J connectivity index is 2.19. The van der Waals surface area contributed by atoms with Crippen molar-refractivity contribution in [3.63, 3.8) is 0 Å². The van der Waals surface area contributed by atoms with Gasteiger partial charge >= 0.3 is 0 Å². The number of anilines is 1. The van der Waals surface area contributed by atoms with Crippen molar-refractivity contribution in [3.8, 4) is 5.75 Å². The van der Waals surface area contributed by atoms with Crippen LogP contribution in [0.2, 0.25) is 0 Å². The van der Waals surface area contributed by atoms with E-state index in [1.165, 1.54) is 13.2 Å². The Morgan fingerprint density at radius 3 is 2.75 bits per heavy atom. The van der Waals surface area contributed by atoms with E-state index in [-0.39, 0.29) is 17.6 Å². The van der Waals surface area contributed by atoms with Gasteiger partial charge in [-0.3, -0.25) is 4.98 Å². The maximum absolute atomic E-state index is 13.4. The van der Waals surface area contributed by atoms with E-state index < -0.39 is 0 Å². The number of aryl methyl sites for hydroxylation is 1. The molecule has 1 unspecified atom stereocenters. The van der Waals surface area contributed by atoms with Crippen LogP contribution in [0.5, 0.6) is 5.75 Å². The number of aromatic nitrogens is 1. The zero-order chi connectivity index (χ0) is 14.5. The van der Waals surface area contributed by atoms with Gasteiger partial charge < -0.3 is 15.8 Å². The summed E-state index contributed by atoms with van der Waals surface area (Å²) in [5.41, 5.74) is 8.48. The van der Waals surface area contributed by atoms with E-state index >= 15 is 0 Å². The van der Waals surface area contributed by atoms with Gasteiger partial charge in [-0.25, -0.2) is 4.39 Å². The molecule has 0 aliphatic carbocycles. The minimum atomic E-state index is -0.389. The van der Waals surface area contributed by atoms with E-state index in [0.717, 1.165) is 16.9 Å². The highest BCUT2D eigenvalue weighted by atomic mass is 19.1. The highest BCUT2D eigenvalue weighted by Crippen LogP contribution is 2.24. The Kier molecular flexibility index (Phi) is 4.53. The summed E-state index contributed by atoms with van der Waals surface area (Å²) in [6, 6.07) is 8.46. The number of hydrogen-bond donors (Lipinski definition) is 2. The summed E-state index contributed by atoms with van der Waals surface area (Å²) in [6.45, 7) is 2.34. The van der Waals surface area contributed by atoms with Crippen LogP contribution in [0.25, 0.3) is 0 Å². The fourth-order valence-electron chi connectivity index (χ4n) is 1.91. The molecule has 0 spiro atoms. The van der Waals surface area contributed by atoms with Gasteiger partial charge in [0.1, 0.15) is 0 Å². The van der Waals surface area contributed by atoms with Crippen molar-refractivity contribution in [2.45, 2.75) is 13.0 Å². The maximum Gasteiger partial charge on any atom is 0.165 e. The average molecular weight is 275 g/mol. The molecule has 0 saturated heterocycles. The van der Waals surface area contributed by atoms with Crippen LogP contribution in [0.3, 0.4) is 0 Å². The molecular formula is C15H18FN3O. The lowest BCUT2D eigenvalue weighted by atomic mass is 10.1. The summed E-state index contributed by atoms with van der Waals surface area (Å²) in [5.74, 6) is -0.188. The number of halogens is 1. The predicted octanol–water partition coefficient (Wildman–Crippen LogP) is 2.65. The molecule has 1 atom stereocenters. The van der Waals surface area contributed by atoms with Gasteiger partial charge in [-0.2, -0.15) is 0 Å². The molecule has 0 fully saturated rings. The first kappa shape index (κ1) is 14.3. The van der Waals surface area contributed by atoms with Crippen molar-refractivity contribution in [2.75, 3.05) is 19.0 Å². The minimum absolute atomic E-state index is 0.0849. The molecule has 0 saturated carbocycles. The Hall–Kier alpha value is -2.14. The SMILES string of the molecule is COc1cc(NC(CN)c2ccc(C)nc2)ccc1F. The fourth-order valence-corrected chi connectivity index (χ4v) is 1.91. The molecule has 0 amide bonds. The first-order chi connectivity index (χ1) is 9.63. The smallest absolute Gasteiger partial charge is 0.165 e. The maximum atomic E-state index is 13.4. The van der Waals surface area contributed by atoms with E-state index in [9.17, 15) is 4.39 Å². The van der Waals surface area contributed by atoms with Gasteiger partial charge in [0.15, 0.2) is 11.6 Å². The molecule has 1 aromatic heterocycles. The number of benzene rings is 1. The topological polar surface area (TPSA) is 60.2 Å². The average Bonchev–Trinajstić information content (AvgIpc) is 2.47. The second-order valence-electron chi connectivity index (χ2n) is 4.51. The molecule has 0 aliphatic heterocycles. The normalized spacial score (nSPS) is 12.0. The summed E-state index contributed by atoms with van der Waals surface area (Å²) in [6.07, 6.45) is 1.79. The second kappa shape index (κ2) is 6.34. The lowest BCUT2D eigenvalue weighted by Gasteiger charge is -2.19. The van der Waals surface area contributed by atoms with Crippen molar-refractivity contribution in [2.24, 2.45) is 5.73 Å². The van der Waals surface area contributed by atoms with Crippen molar-refractivity contribution in [1.82, 2.24) is 4.98 Å². The Bertz CT molecular complexity index is 572. The number of ether oxygens (including phenoxy) is 1. The molecule has 4 nitrogen and oxygen atoms in total. The van der Waals surface area contributed by atoms with Gasteiger partial charge in [-0.15, -0.1) is 0 Å². The molecule has 5 heteroatoms. The van der Waals surface area contributed by atoms with Gasteiger partial charge in [0.05, 0.1) is 13.2 Å². The van der Waals surface area contributed by atoms with E-state index in [2.05, 4.69) is 10.3 Å². The van der Waals surface area contributed by atoms with Crippen LogP contribution in [0.1, 0.15) is 17.3 Å². The molecule has 1 aromatic carbocycles. The fraction of sp³-hybridized carbons (Fsp3) is 0.267. The monoisotopic (exact) mass is 275 g/mol. The molecule has 1 heterocycles. The third-order valence-corrected chi connectivity index (χ3v) is 3.06. The third-order valence-electron chi connectivity index (χ3n) is 3.06. The number of nitrogens with two attached hydrogens (primary N) is 1. The Labute approximate surface area is 117 Å². The lowest BCUT2D eigenvalue weighted by molar-refractivity contribution is 0.386. The van der Waals surface area contributed by atoms with Crippen molar-refractivity contribution >= 4 is 5.69 Å². The van der Waals surface area contributed by atoms with Gasteiger partial charge in [0.2, 0.25) is 0 Å². The van der Waals surface area contributed by atoms with E-state index in [0.29, 0.717) is 6.54 Å². The summed E-state index contributed by atoms with van der Waals surface area (Å²) in [7, 11) is 1.44. The van der Waals surface area contributed by atoms with Crippen LogP contribution in [-0.4, -0.2) is 18.6 Å². The molecule has 106 valence electrons. The van der Waals surface area contributed by atoms with Gasteiger partial charge in [-0.1, -0.05) is 6.07 Å². The molecule has 2 rings (SSSR count). The van der Waals surface area contributed by atoms with Crippen LogP contribution in [-0.2, 0) is 0 Å². The largest absolute Gasteiger partial charge is 0.494 e. The number of nitrogens with zero attached hydrogens (tertiary/aromatic N) is 1. The molecule has 0 radical (unpaired) electrons. The summed E-state index contributed by atoms with van der Waals surface area (Å²) >= 11 is 0. The Morgan fingerprint density at radius 1 is 1.35 bits per heavy atom. The molecule has 20 heavy (non-hydrogen) atoms. The van der Waals surface area contributed by atoms with E-state index in [1.54, 1.807) is 18.3 Å². The highest BCUT2D eigenvalue weighted by molar-refractivity contribution is 5.50. The van der Waals surface area contributed by atoms with Crippen LogP contribution in [0, 0.1) is 12.7 Å². The van der Waals surface area contributed by atoms with Crippen molar-refractivity contribution in [3.05, 3.63) is 53.6 Å². The first-order valence-corrected chi connectivity index (χ1v) is 6.36. The zero-order valence-corrected chi connectivity index (χ0v) is 11.6. The number of pyridine rings is 1. The number of rotatable bonds is 5. The number of nitrogens with one attached hydrogen (secondary N) is 1. The molecule has 2 aromatic rings. The van der Waals surface area contributed by atoms with Crippen LogP contribution < -0.4 is 15.8 Å². The zero-order valence-electron chi connectivity index (χ0n) is 11.6. The number of hydrogen-bond acceptors (Lipinski definition) is 4. The molecule has 3 N–H and O–H groups in total.